The largest absolute Gasteiger partial charge is 0.495 e. The van der Waals surface area contributed by atoms with Gasteiger partial charge in [-0.2, -0.15) is 15.0 Å². The van der Waals surface area contributed by atoms with Crippen molar-refractivity contribution in [3.05, 3.63) is 179 Å². The number of halogens is 6. The fourth-order valence-electron chi connectivity index (χ4n) is 18.6. The van der Waals surface area contributed by atoms with Crippen LogP contribution in [0.5, 0.6) is 34.5 Å². The molecule has 36 nitrogen and oxygen atoms in total. The van der Waals surface area contributed by atoms with Gasteiger partial charge in [-0.15, -0.1) is 0 Å². The molecule has 3 N–H and O–H groups in total. The number of allylic oxidation sites excluding steroid dienone is 3. The second-order valence-corrected chi connectivity index (χ2v) is 38.3. The van der Waals surface area contributed by atoms with Crippen molar-refractivity contribution in [3.63, 3.8) is 0 Å². The van der Waals surface area contributed by atoms with Crippen LogP contribution in [0.15, 0.2) is 132 Å². The number of benzene rings is 3. The average molecular weight is 2110 g/mol. The molecule has 145 heavy (non-hydrogen) atoms. The minimum absolute atomic E-state index is 0.00827. The molecule has 42 heteroatoms. The van der Waals surface area contributed by atoms with Crippen LogP contribution < -0.4 is 61.0 Å². The van der Waals surface area contributed by atoms with Crippen molar-refractivity contribution in [1.29, 1.82) is 0 Å². The molecule has 6 aromatic heterocycles. The number of anilines is 3. The van der Waals surface area contributed by atoms with Crippen LogP contribution in [-0.2, 0) is 62.6 Å². The number of carbonyl (C=O) groups excluding carboxylic acids is 6. The smallest absolute Gasteiger partial charge is 0.298 e. The Kier molecular flexibility index (Phi) is 39.0. The van der Waals surface area contributed by atoms with Crippen LogP contribution in [0, 0.1) is 35.5 Å². The second kappa shape index (κ2) is 51.3. The van der Waals surface area contributed by atoms with Gasteiger partial charge in [-0.1, -0.05) is 108 Å². The predicted octanol–water partition coefficient (Wildman–Crippen LogP) is 13.1. The van der Waals surface area contributed by atoms with Crippen LogP contribution >= 0.6 is 69.6 Å². The maximum atomic E-state index is 14.6. The highest BCUT2D eigenvalue weighted by Crippen LogP contribution is 2.49. The molecule has 15 rings (SSSR count). The Morgan fingerprint density at radius 1 is 0.462 bits per heavy atom. The summed E-state index contributed by atoms with van der Waals surface area (Å²) < 4.78 is 54.8. The minimum atomic E-state index is -0.410. The zero-order valence-electron chi connectivity index (χ0n) is 82.7. The summed E-state index contributed by atoms with van der Waals surface area (Å²) >= 11 is 40.7. The molecule has 9 aromatic rings. The molecule has 6 fully saturated rings. The molecule has 0 bridgehead atoms. The van der Waals surface area contributed by atoms with Crippen molar-refractivity contribution in [3.8, 4) is 79.7 Å². The predicted molar refractivity (Wildman–Crippen MR) is 562 cm³/mol. The number of hydrogen-bond donors (Lipinski definition) is 3. The Hall–Kier alpha value is -12.1. The van der Waals surface area contributed by atoms with Gasteiger partial charge in [0.05, 0.1) is 127 Å². The number of piperazine rings is 2. The lowest BCUT2D eigenvalue weighted by atomic mass is 9.90. The van der Waals surface area contributed by atoms with E-state index in [9.17, 15) is 43.2 Å². The molecule has 0 aliphatic carbocycles. The van der Waals surface area contributed by atoms with Gasteiger partial charge in [0.15, 0.2) is 17.3 Å². The Morgan fingerprint density at radius 2 is 0.821 bits per heavy atom. The van der Waals surface area contributed by atoms with Gasteiger partial charge in [-0.05, 0) is 132 Å². The third-order valence-electron chi connectivity index (χ3n) is 26.8. The van der Waals surface area contributed by atoms with E-state index in [0.29, 0.717) is 238 Å². The van der Waals surface area contributed by atoms with E-state index in [-0.39, 0.29) is 188 Å². The summed E-state index contributed by atoms with van der Waals surface area (Å²) in [5.41, 5.74) is 1.58. The van der Waals surface area contributed by atoms with Crippen molar-refractivity contribution >= 4 is 156 Å². The monoisotopic (exact) mass is 2110 g/mol. The minimum Gasteiger partial charge on any atom is -0.495 e. The van der Waals surface area contributed by atoms with Crippen LogP contribution in [0.1, 0.15) is 58.3 Å². The second-order valence-electron chi connectivity index (χ2n) is 36.0. The number of rotatable bonds is 35. The Labute approximate surface area is 870 Å². The summed E-state index contributed by atoms with van der Waals surface area (Å²) in [4.78, 5) is 157. The van der Waals surface area contributed by atoms with E-state index in [4.69, 9.17) is 127 Å². The van der Waals surface area contributed by atoms with Crippen molar-refractivity contribution in [2.24, 2.45) is 23.7 Å². The van der Waals surface area contributed by atoms with E-state index < -0.39 is 5.56 Å². The normalized spacial score (nSPS) is 18.9. The molecule has 3 amide bonds. The number of ketones is 3. The zero-order chi connectivity index (χ0) is 104. The van der Waals surface area contributed by atoms with Crippen molar-refractivity contribution in [2.75, 3.05) is 191 Å². The summed E-state index contributed by atoms with van der Waals surface area (Å²) in [5, 5.41) is 12.7. The third-order valence-corrected chi connectivity index (χ3v) is 29.1. The van der Waals surface area contributed by atoms with Gasteiger partial charge in [0.25, 0.3) is 22.6 Å². The molecule has 6 aliphatic heterocycles. The van der Waals surface area contributed by atoms with Gasteiger partial charge >= 0.3 is 0 Å². The van der Waals surface area contributed by atoms with Crippen LogP contribution in [-0.4, -0.2) is 308 Å². The van der Waals surface area contributed by atoms with Gasteiger partial charge in [-0.25, -0.2) is 15.0 Å². The van der Waals surface area contributed by atoms with Crippen LogP contribution in [0.4, 0.5) is 17.8 Å². The van der Waals surface area contributed by atoms with Crippen LogP contribution in [0.25, 0.3) is 66.5 Å². The van der Waals surface area contributed by atoms with E-state index >= 15 is 0 Å². The van der Waals surface area contributed by atoms with E-state index in [1.807, 2.05) is 37.0 Å². The van der Waals surface area contributed by atoms with E-state index in [1.165, 1.54) is 67.0 Å². The Morgan fingerprint density at radius 3 is 1.18 bits per heavy atom. The number of ether oxygens (including phenoxy) is 9. The molecule has 7 atom stereocenters. The Balaban J connectivity index is 0.000000182. The molecular formula is C103H120Cl6N18O18. The maximum absolute atomic E-state index is 14.6. The molecule has 6 aliphatic rings. The number of aromatic nitrogens is 9. The van der Waals surface area contributed by atoms with Gasteiger partial charge in [-0.3, -0.25) is 66.7 Å². The van der Waals surface area contributed by atoms with Crippen molar-refractivity contribution in [1.82, 2.24) is 73.0 Å². The number of likely N-dealkylation sites (N-methyl/N-ethyl adjacent to an activating group) is 2. The molecule has 0 saturated carbocycles. The highest BCUT2D eigenvalue weighted by Gasteiger charge is 2.37. The molecule has 0 radical (unpaired) electrons. The molecule has 3 aromatic carbocycles. The first-order valence-electron chi connectivity index (χ1n) is 47.5. The van der Waals surface area contributed by atoms with Gasteiger partial charge in [0.1, 0.15) is 51.4 Å². The van der Waals surface area contributed by atoms with Gasteiger partial charge in [0.2, 0.25) is 29.7 Å². The first kappa shape index (κ1) is 110. The fourth-order valence-corrected chi connectivity index (χ4v) is 20.7. The quantitative estimate of drug-likeness (QED) is 0.0245. The van der Waals surface area contributed by atoms with E-state index in [1.54, 1.807) is 91.5 Å². The SMILES string of the molecule is C=CC(=O)C[C@H]1CCOC[C@H]1Nc1ncc2cc(-c3c(Cl)c(OC)cc(OC)c3Cl)c(=O)n(CC3CCN(C(=O)/C=C/CN(C)C)CC3)c2n1.C=CC(=O)C[C@H]1CCOC[C@H]1Nc1ncc2cc(-c3c(Cl)c(OC)cc(OC)c3Cl)c(=O)n(CC3CN(C(=O)C#CC)CCN3C)c2n1.C=CC(=O)C[C@H]1CCOC[C@H]1Nc1ncc2cc(-c3c(Cl)c(OC)cc(OC)c3Cl)c(=O)n(CCN3CCN(C(=O)C=C)CC3)c2n1. The summed E-state index contributed by atoms with van der Waals surface area (Å²) in [7, 11) is 14.7. The number of likely N-dealkylation sites (tertiary alicyclic amines) is 1. The number of fused-ring (bicyclic) bond motifs is 3. The van der Waals surface area contributed by atoms with Crippen molar-refractivity contribution < 1.29 is 71.4 Å². The highest BCUT2D eigenvalue weighted by atomic mass is 35.5. The van der Waals surface area contributed by atoms with E-state index in [2.05, 4.69) is 78.9 Å². The molecule has 6 saturated heterocycles. The van der Waals surface area contributed by atoms with Crippen LogP contribution in [0.3, 0.4) is 0 Å². The number of methoxy groups -OCH3 is 6. The number of hydrogen-bond acceptors (Lipinski definition) is 30. The summed E-state index contributed by atoms with van der Waals surface area (Å²) in [6.07, 6.45) is 18.2. The maximum Gasteiger partial charge on any atom is 0.298 e. The number of pyridine rings is 3. The number of carbonyl (C=O) groups is 6. The zero-order valence-corrected chi connectivity index (χ0v) is 87.3. The molecule has 12 heterocycles. The number of piperidine rings is 1. The fraction of sp³-hybridized carbons (Fsp3) is 0.447. The van der Waals surface area contributed by atoms with Gasteiger partial charge in [0, 0.05) is 212 Å². The lowest BCUT2D eigenvalue weighted by Crippen LogP contribution is -2.55. The number of nitrogens with zero attached hydrogens (tertiary/aromatic N) is 15. The first-order chi connectivity index (χ1) is 69.8. The topological polar surface area (TPSA) is 384 Å². The number of amides is 3. The highest BCUT2D eigenvalue weighted by molar-refractivity contribution is 6.43. The standard InChI is InChI=1S/C36H44Cl2N6O6.C34H38Cl2N6O6.C33H38Cl2N6O6/c1-6-25(45)16-23-11-15-50-21-27(23)40-36-39-19-24-17-26(31-32(37)28(48-4)18-29(49-5)33(31)38)35(47)44(34(24)41-36)20-22-9-13-43(14-10-22)30(46)8-7-12-42(2)3;1-6-8-28(44)41-11-10-40(3)22(17-41)18-42-32-21(14-24(33(42)45)29-30(35)26(46-4)15-27(47-5)31(29)36)16-37-34(39-32)38-25-19-48-12-9-20(25)13-23(43)7-2;1-5-22(42)15-20-7-14-47-19-24(20)37-33-36-18-21-16-23(28-29(34)25(45-3)17-26(46-4)30(28)35)32(44)41(31(21)38-33)13-10-39-8-11-40(12-9-39)27(43)6-2/h6-8,17-19,22-23,27H,1,9-16,20-21H2,2-5H3,(H,39,40,41);7,14-16,20,22,25H,2,9-13,17-19H2,1,3-5H3,(H,37,38,39);5-6,16-18,20,24H,1-2,7-15,19H2,3-4H3,(H,36,37,38)/b8-7+;;/t23-,27-;20-,22?,25-;20-,24-/m111/s1. The lowest BCUT2D eigenvalue weighted by molar-refractivity contribution is -0.128. The average Bonchev–Trinajstić information content (AvgIpc) is 0.757. The summed E-state index contributed by atoms with van der Waals surface area (Å²) in [6.45, 7) is 25.8. The molecule has 772 valence electrons. The molecule has 0 spiro atoms. The van der Waals surface area contributed by atoms with Gasteiger partial charge < -0.3 is 78.2 Å². The molecule has 1 unspecified atom stereocenters. The lowest BCUT2D eigenvalue weighted by Gasteiger charge is -2.39. The Bertz CT molecular complexity index is 6570. The van der Waals surface area contributed by atoms with Crippen LogP contribution in [0.2, 0.25) is 30.1 Å². The number of nitrogens with one attached hydrogen (secondary N) is 3. The van der Waals surface area contributed by atoms with Crippen molar-refractivity contribution in [2.45, 2.75) is 102 Å². The van der Waals surface area contributed by atoms with E-state index in [0.717, 1.165) is 0 Å². The first-order valence-corrected chi connectivity index (χ1v) is 49.8. The summed E-state index contributed by atoms with van der Waals surface area (Å²) in [5.74, 6) is 7.57. The third kappa shape index (κ3) is 26.3. The molecular weight excluding hydrogens is 1990 g/mol. The summed E-state index contributed by atoms with van der Waals surface area (Å²) in [6, 6.07) is 8.79.